The SMILES string of the molecule is Cn1cc(C2=C3N=C(C4CCCN(C(=O)OC(C)(C)C)C4)C(Br)=C(N(S)SF)N3NC2)cn1. The van der Waals surface area contributed by atoms with E-state index in [1.165, 1.54) is 0 Å². The summed E-state index contributed by atoms with van der Waals surface area (Å²) in [6, 6.07) is 0. The van der Waals surface area contributed by atoms with E-state index in [9.17, 15) is 8.68 Å². The molecule has 1 saturated heterocycles. The van der Waals surface area contributed by atoms with Crippen LogP contribution in [0, 0.1) is 5.92 Å². The maximum Gasteiger partial charge on any atom is 0.410 e. The summed E-state index contributed by atoms with van der Waals surface area (Å²) in [6.45, 7) is 7.17. The van der Waals surface area contributed by atoms with E-state index in [1.54, 1.807) is 20.8 Å². The number of nitrogens with one attached hydrogen (secondary N) is 1. The topological polar surface area (TPSA) is 78.2 Å². The molecule has 13 heteroatoms. The van der Waals surface area contributed by atoms with Gasteiger partial charge in [0.15, 0.2) is 24.0 Å². The molecule has 1 atom stereocenters. The molecule has 0 bridgehead atoms. The van der Waals surface area contributed by atoms with Gasteiger partial charge in [0.2, 0.25) is 0 Å². The van der Waals surface area contributed by atoms with Gasteiger partial charge in [0, 0.05) is 49.9 Å². The molecule has 1 amide bonds. The van der Waals surface area contributed by atoms with Crippen molar-refractivity contribution in [1.82, 2.24) is 28.8 Å². The highest BCUT2D eigenvalue weighted by Gasteiger charge is 2.39. The fraction of sp³-hybridized carbons (Fsp3) is 0.550. The quantitative estimate of drug-likeness (QED) is 0.421. The zero-order chi connectivity index (χ0) is 23.9. The van der Waals surface area contributed by atoms with Crippen molar-refractivity contribution < 1.29 is 13.4 Å². The van der Waals surface area contributed by atoms with E-state index in [2.05, 4.69) is 39.3 Å². The fourth-order valence-electron chi connectivity index (χ4n) is 4.09. The highest BCUT2D eigenvalue weighted by molar-refractivity contribution is 9.12. The number of hydrogen-bond acceptors (Lipinski definition) is 9. The first kappa shape index (κ1) is 24.4. The van der Waals surface area contributed by atoms with E-state index in [4.69, 9.17) is 9.73 Å². The number of carbonyl (C=O) groups excluding carboxylic acids is 1. The van der Waals surface area contributed by atoms with Gasteiger partial charge in [-0.2, -0.15) is 5.10 Å². The second-order valence-electron chi connectivity index (χ2n) is 9.12. The third-order valence-corrected chi connectivity index (χ3v) is 6.95. The normalized spacial score (nSPS) is 21.4. The number of nitrogens with zero attached hydrogens (tertiary/aromatic N) is 6. The number of aromatic nitrogens is 2. The number of hydrogen-bond donors (Lipinski definition) is 2. The summed E-state index contributed by atoms with van der Waals surface area (Å²) in [5.41, 5.74) is 5.33. The van der Waals surface area contributed by atoms with Crippen LogP contribution in [0.4, 0.5) is 8.68 Å². The van der Waals surface area contributed by atoms with E-state index >= 15 is 0 Å². The third kappa shape index (κ3) is 5.05. The summed E-state index contributed by atoms with van der Waals surface area (Å²) >= 11 is 7.95. The average Bonchev–Trinajstić information content (AvgIpc) is 3.37. The molecule has 1 aromatic rings. The Hall–Kier alpha value is -1.70. The molecule has 0 saturated carbocycles. The summed E-state index contributed by atoms with van der Waals surface area (Å²) in [5, 5.41) is 6.00. The second kappa shape index (κ2) is 9.51. The van der Waals surface area contributed by atoms with Crippen LogP contribution >= 0.6 is 41.1 Å². The van der Waals surface area contributed by atoms with Crippen molar-refractivity contribution in [3.63, 3.8) is 0 Å². The summed E-state index contributed by atoms with van der Waals surface area (Å²) in [4.78, 5) is 19.4. The van der Waals surface area contributed by atoms with Crippen LogP contribution in [0.2, 0.25) is 0 Å². The minimum atomic E-state index is -0.565. The Morgan fingerprint density at radius 1 is 1.45 bits per heavy atom. The van der Waals surface area contributed by atoms with Crippen LogP contribution < -0.4 is 5.43 Å². The van der Waals surface area contributed by atoms with Gasteiger partial charge >= 0.3 is 6.09 Å². The zero-order valence-corrected chi connectivity index (χ0v) is 22.2. The Kier molecular flexibility index (Phi) is 7.04. The number of aryl methyl sites for hydroxylation is 1. The molecule has 1 aromatic heterocycles. The lowest BCUT2D eigenvalue weighted by Gasteiger charge is -2.37. The van der Waals surface area contributed by atoms with E-state index < -0.39 is 5.60 Å². The number of aliphatic imine (C=N–C) groups is 1. The van der Waals surface area contributed by atoms with Crippen molar-refractivity contribution in [3.05, 3.63) is 34.1 Å². The van der Waals surface area contributed by atoms with Crippen LogP contribution in [-0.4, -0.2) is 60.4 Å². The third-order valence-electron chi connectivity index (χ3n) is 5.51. The molecule has 0 aliphatic carbocycles. The number of carbonyl (C=O) groups is 1. The number of allylic oxidation sites excluding steroid dienone is 1. The van der Waals surface area contributed by atoms with Crippen LogP contribution in [0.1, 0.15) is 39.2 Å². The predicted molar refractivity (Wildman–Crippen MR) is 133 cm³/mol. The summed E-state index contributed by atoms with van der Waals surface area (Å²) < 4.78 is 22.7. The molecule has 0 radical (unpaired) electrons. The number of amides is 1. The molecule has 4 heterocycles. The van der Waals surface area contributed by atoms with Crippen LogP contribution in [-0.2, 0) is 11.8 Å². The molecule has 4 rings (SSSR count). The van der Waals surface area contributed by atoms with Crippen LogP contribution in [0.15, 0.2) is 33.5 Å². The standard InChI is InChI=1S/C20H27BrFN7O2S2/c1-20(2,3)31-19(30)27-7-5-6-12(11-27)16-15(21)18(29(32)33-22)28-17(25-16)14(9-24-28)13-8-23-26(4)10-13/h8,10,12,24,32H,5-7,9,11H2,1-4H3. The number of piperidine rings is 1. The van der Waals surface area contributed by atoms with Gasteiger partial charge in [0.25, 0.3) is 0 Å². The Labute approximate surface area is 211 Å². The van der Waals surface area contributed by atoms with Crippen LogP contribution in [0.5, 0.6) is 0 Å². The Balaban J connectivity index is 1.71. The van der Waals surface area contributed by atoms with Crippen molar-refractivity contribution >= 4 is 58.5 Å². The Morgan fingerprint density at radius 3 is 2.85 bits per heavy atom. The van der Waals surface area contributed by atoms with Gasteiger partial charge in [0.05, 0.1) is 16.4 Å². The van der Waals surface area contributed by atoms with Crippen LogP contribution in [0.25, 0.3) is 5.57 Å². The van der Waals surface area contributed by atoms with Gasteiger partial charge in [-0.1, -0.05) is 12.8 Å². The van der Waals surface area contributed by atoms with E-state index in [-0.39, 0.29) is 24.3 Å². The molecule has 1 fully saturated rings. The first-order valence-electron chi connectivity index (χ1n) is 10.6. The first-order chi connectivity index (χ1) is 15.6. The lowest BCUT2D eigenvalue weighted by molar-refractivity contribution is 0.0194. The largest absolute Gasteiger partial charge is 0.444 e. The Morgan fingerprint density at radius 2 is 2.21 bits per heavy atom. The van der Waals surface area contributed by atoms with Crippen molar-refractivity contribution in [2.75, 3.05) is 19.6 Å². The van der Waals surface area contributed by atoms with Gasteiger partial charge in [-0.15, -0.1) is 3.89 Å². The lowest BCUT2D eigenvalue weighted by Crippen LogP contribution is -2.46. The van der Waals surface area contributed by atoms with E-state index in [0.717, 1.165) is 33.4 Å². The maximum absolute atomic E-state index is 13.6. The van der Waals surface area contributed by atoms with Gasteiger partial charge in [-0.3, -0.25) is 4.68 Å². The summed E-state index contributed by atoms with van der Waals surface area (Å²) in [7, 11) is 1.86. The predicted octanol–water partition coefficient (Wildman–Crippen LogP) is 4.25. The molecule has 1 N–H and O–H groups in total. The molecule has 33 heavy (non-hydrogen) atoms. The van der Waals surface area contributed by atoms with Gasteiger partial charge in [0.1, 0.15) is 5.60 Å². The number of halogens is 2. The summed E-state index contributed by atoms with van der Waals surface area (Å²) in [6.07, 6.45) is 5.03. The average molecular weight is 561 g/mol. The highest BCUT2D eigenvalue weighted by atomic mass is 79.9. The van der Waals surface area contributed by atoms with Crippen molar-refractivity contribution in [1.29, 1.82) is 0 Å². The highest BCUT2D eigenvalue weighted by Crippen LogP contribution is 2.41. The van der Waals surface area contributed by atoms with Gasteiger partial charge in [-0.05, 0) is 49.5 Å². The van der Waals surface area contributed by atoms with Crippen molar-refractivity contribution in [2.24, 2.45) is 18.0 Å². The minimum absolute atomic E-state index is 0.00497. The smallest absolute Gasteiger partial charge is 0.410 e. The zero-order valence-electron chi connectivity index (χ0n) is 18.9. The molecular weight excluding hydrogens is 533 g/mol. The molecule has 0 aromatic carbocycles. The van der Waals surface area contributed by atoms with Crippen molar-refractivity contribution in [2.45, 2.75) is 39.2 Å². The second-order valence-corrected chi connectivity index (χ2v) is 11.1. The molecule has 3 aliphatic heterocycles. The number of thiol groups is 1. The maximum atomic E-state index is 13.6. The van der Waals surface area contributed by atoms with Crippen molar-refractivity contribution in [3.8, 4) is 0 Å². The number of likely N-dealkylation sites (tertiary alicyclic amines) is 1. The number of hydrazine groups is 1. The monoisotopic (exact) mass is 559 g/mol. The molecule has 180 valence electrons. The molecule has 9 nitrogen and oxygen atoms in total. The minimum Gasteiger partial charge on any atom is -0.444 e. The molecule has 0 spiro atoms. The van der Waals surface area contributed by atoms with Gasteiger partial charge < -0.3 is 9.64 Å². The summed E-state index contributed by atoms with van der Waals surface area (Å²) in [5.74, 6) is 1.10. The number of rotatable bonds is 4. The van der Waals surface area contributed by atoms with E-state index in [0.29, 0.717) is 35.8 Å². The van der Waals surface area contributed by atoms with Gasteiger partial charge in [-0.25, -0.2) is 23.9 Å². The first-order valence-corrected chi connectivity index (χ1v) is 12.5. The number of fused-ring (bicyclic) bond motifs is 1. The fourth-order valence-corrected chi connectivity index (χ4v) is 5.54. The molecule has 1 unspecified atom stereocenters. The molecular formula is C20H27BrFN7O2S2. The molecule has 3 aliphatic rings. The number of ether oxygens (including phenoxy) is 1. The lowest BCUT2D eigenvalue weighted by atomic mass is 9.92. The van der Waals surface area contributed by atoms with E-state index in [1.807, 2.05) is 34.0 Å². The van der Waals surface area contributed by atoms with Crippen LogP contribution in [0.3, 0.4) is 0 Å². The Bertz CT molecular complexity index is 1040.